The number of rotatable bonds is 3. The molecule has 1 unspecified atom stereocenters. The number of amides is 2. The lowest BCUT2D eigenvalue weighted by Crippen LogP contribution is -2.53. The van der Waals surface area contributed by atoms with Gasteiger partial charge in [0.05, 0.1) is 30.3 Å². The number of nitrogens with one attached hydrogen (secondary N) is 1. The number of alkyl halides is 3. The third-order valence-corrected chi connectivity index (χ3v) is 5.07. The topological polar surface area (TPSA) is 90.0 Å². The van der Waals surface area contributed by atoms with Crippen LogP contribution < -0.4 is 10.2 Å². The summed E-state index contributed by atoms with van der Waals surface area (Å²) in [6.07, 6.45) is -4.99. The zero-order valence-electron chi connectivity index (χ0n) is 14.9. The Labute approximate surface area is 159 Å². The van der Waals surface area contributed by atoms with Crippen LogP contribution in [-0.4, -0.2) is 59.6 Å². The maximum absolute atomic E-state index is 13.7. The molecule has 0 radical (unpaired) electrons. The van der Waals surface area contributed by atoms with Gasteiger partial charge >= 0.3 is 12.1 Å². The van der Waals surface area contributed by atoms with Crippen molar-refractivity contribution in [3.63, 3.8) is 0 Å². The van der Waals surface area contributed by atoms with Gasteiger partial charge in [0.2, 0.25) is 11.8 Å². The summed E-state index contributed by atoms with van der Waals surface area (Å²) in [6, 6.07) is 3.62. The monoisotopic (exact) mass is 399 g/mol. The molecule has 2 amide bonds. The van der Waals surface area contributed by atoms with E-state index in [0.29, 0.717) is 30.8 Å². The van der Waals surface area contributed by atoms with E-state index < -0.39 is 42.3 Å². The second-order valence-electron chi connectivity index (χ2n) is 6.98. The quantitative estimate of drug-likeness (QED) is 0.813. The molecule has 0 aromatic heterocycles. The maximum Gasteiger partial charge on any atom is 0.409 e. The van der Waals surface area contributed by atoms with Crippen LogP contribution in [0.15, 0.2) is 24.3 Å². The standard InChI is InChI=1S/C18H20F3N3O4/c19-18(20,21)14-9-15(25)22-12-3-1-2-4-13(12)24(14)16(26)10-23-7-5-11(6-8-23)17(27)28/h1-4,11,14H,5-10H2,(H,22,25)(H,27,28). The first-order valence-corrected chi connectivity index (χ1v) is 8.89. The number of piperidine rings is 1. The molecule has 1 atom stereocenters. The summed E-state index contributed by atoms with van der Waals surface area (Å²) in [4.78, 5) is 38.2. The molecule has 7 nitrogen and oxygen atoms in total. The number of likely N-dealkylation sites (tertiary alicyclic amines) is 1. The summed E-state index contributed by atoms with van der Waals surface area (Å²) in [5.74, 6) is -3.00. The van der Waals surface area contributed by atoms with Crippen LogP contribution in [0.5, 0.6) is 0 Å². The zero-order valence-corrected chi connectivity index (χ0v) is 14.9. The molecule has 2 aliphatic rings. The molecule has 0 saturated carbocycles. The highest BCUT2D eigenvalue weighted by molar-refractivity contribution is 6.05. The van der Waals surface area contributed by atoms with Crippen LogP contribution >= 0.6 is 0 Å². The van der Waals surface area contributed by atoms with Crippen molar-refractivity contribution >= 4 is 29.2 Å². The van der Waals surface area contributed by atoms with Crippen molar-refractivity contribution in [3.05, 3.63) is 24.3 Å². The molecule has 2 heterocycles. The average Bonchev–Trinajstić information content (AvgIpc) is 2.77. The second-order valence-corrected chi connectivity index (χ2v) is 6.98. The van der Waals surface area contributed by atoms with Crippen LogP contribution in [0.25, 0.3) is 0 Å². The van der Waals surface area contributed by atoms with Gasteiger partial charge in [-0.2, -0.15) is 13.2 Å². The number of hydrogen-bond acceptors (Lipinski definition) is 4. The summed E-state index contributed by atoms with van der Waals surface area (Å²) >= 11 is 0. The molecule has 1 fully saturated rings. The Morgan fingerprint density at radius 3 is 2.43 bits per heavy atom. The fourth-order valence-corrected chi connectivity index (χ4v) is 3.60. The minimum absolute atomic E-state index is 0.00102. The van der Waals surface area contributed by atoms with Gasteiger partial charge in [-0.3, -0.25) is 24.2 Å². The van der Waals surface area contributed by atoms with Crippen molar-refractivity contribution in [2.45, 2.75) is 31.5 Å². The fourth-order valence-electron chi connectivity index (χ4n) is 3.60. The molecule has 1 aromatic carbocycles. The fraction of sp³-hybridized carbons (Fsp3) is 0.500. The third kappa shape index (κ3) is 4.27. The molecule has 0 bridgehead atoms. The van der Waals surface area contributed by atoms with E-state index in [2.05, 4.69) is 5.32 Å². The number of hydrogen-bond donors (Lipinski definition) is 2. The Morgan fingerprint density at radius 1 is 1.18 bits per heavy atom. The largest absolute Gasteiger partial charge is 0.481 e. The van der Waals surface area contributed by atoms with Crippen LogP contribution in [-0.2, 0) is 14.4 Å². The number of para-hydroxylation sites is 2. The SMILES string of the molecule is O=C1CC(C(F)(F)F)N(C(=O)CN2CCC(C(=O)O)CC2)c2ccccc2N1. The summed E-state index contributed by atoms with van der Waals surface area (Å²) in [5.41, 5.74) is 0.151. The number of carbonyl (C=O) groups excluding carboxylic acids is 2. The predicted octanol–water partition coefficient (Wildman–Crippen LogP) is 2.09. The van der Waals surface area contributed by atoms with Gasteiger partial charge in [-0.25, -0.2) is 0 Å². The molecule has 0 spiro atoms. The highest BCUT2D eigenvalue weighted by Crippen LogP contribution is 2.37. The Bertz CT molecular complexity index is 776. The molecule has 10 heteroatoms. The summed E-state index contributed by atoms with van der Waals surface area (Å²) in [7, 11) is 0. The molecule has 3 rings (SSSR count). The van der Waals surface area contributed by atoms with Crippen LogP contribution in [0.1, 0.15) is 19.3 Å². The number of aliphatic carboxylic acids is 1. The van der Waals surface area contributed by atoms with Crippen LogP contribution in [0.4, 0.5) is 24.5 Å². The number of carbonyl (C=O) groups is 3. The highest BCUT2D eigenvalue weighted by atomic mass is 19.4. The Morgan fingerprint density at radius 2 is 1.82 bits per heavy atom. The van der Waals surface area contributed by atoms with E-state index >= 15 is 0 Å². The first kappa shape index (κ1) is 20.1. The Hall–Kier alpha value is -2.62. The van der Waals surface area contributed by atoms with Gasteiger partial charge in [-0.05, 0) is 38.1 Å². The zero-order chi connectivity index (χ0) is 20.5. The number of benzene rings is 1. The van der Waals surface area contributed by atoms with Crippen LogP contribution in [0, 0.1) is 5.92 Å². The van der Waals surface area contributed by atoms with Crippen molar-refractivity contribution in [2.24, 2.45) is 5.92 Å². The van der Waals surface area contributed by atoms with Gasteiger partial charge in [-0.1, -0.05) is 12.1 Å². The Kier molecular flexibility index (Phi) is 5.59. The van der Waals surface area contributed by atoms with Crippen LogP contribution in [0.3, 0.4) is 0 Å². The minimum Gasteiger partial charge on any atom is -0.481 e. The maximum atomic E-state index is 13.7. The Balaban J connectivity index is 1.84. The van der Waals surface area contributed by atoms with E-state index in [1.807, 2.05) is 0 Å². The molecule has 152 valence electrons. The second kappa shape index (κ2) is 7.78. The number of fused-ring (bicyclic) bond motifs is 1. The van der Waals surface area contributed by atoms with Crippen molar-refractivity contribution < 1.29 is 32.7 Å². The lowest BCUT2D eigenvalue weighted by atomic mass is 9.97. The lowest BCUT2D eigenvalue weighted by Gasteiger charge is -2.35. The van der Waals surface area contributed by atoms with Crippen molar-refractivity contribution in [1.82, 2.24) is 4.90 Å². The molecule has 0 aliphatic carbocycles. The molecular weight excluding hydrogens is 379 g/mol. The molecule has 2 aliphatic heterocycles. The molecule has 2 N–H and O–H groups in total. The molecular formula is C18H20F3N3O4. The van der Waals surface area contributed by atoms with Gasteiger partial charge in [-0.15, -0.1) is 0 Å². The number of anilines is 2. The number of halogens is 3. The van der Waals surface area contributed by atoms with E-state index in [4.69, 9.17) is 5.11 Å². The predicted molar refractivity (Wildman–Crippen MR) is 93.8 cm³/mol. The van der Waals surface area contributed by atoms with E-state index in [9.17, 15) is 27.6 Å². The van der Waals surface area contributed by atoms with E-state index in [1.165, 1.54) is 18.2 Å². The molecule has 28 heavy (non-hydrogen) atoms. The first-order chi connectivity index (χ1) is 13.2. The van der Waals surface area contributed by atoms with Gasteiger partial charge in [0.25, 0.3) is 0 Å². The van der Waals surface area contributed by atoms with Gasteiger partial charge in [0.1, 0.15) is 6.04 Å². The summed E-state index contributed by atoms with van der Waals surface area (Å²) < 4.78 is 41.0. The molecule has 1 saturated heterocycles. The van der Waals surface area contributed by atoms with Crippen molar-refractivity contribution in [3.8, 4) is 0 Å². The van der Waals surface area contributed by atoms with Crippen LogP contribution in [0.2, 0.25) is 0 Å². The third-order valence-electron chi connectivity index (χ3n) is 5.07. The van der Waals surface area contributed by atoms with Gasteiger partial charge in [0, 0.05) is 0 Å². The normalized spacial score (nSPS) is 21.6. The number of carboxylic acid groups (broad SMARTS) is 1. The van der Waals surface area contributed by atoms with Crippen molar-refractivity contribution in [2.75, 3.05) is 29.9 Å². The van der Waals surface area contributed by atoms with E-state index in [-0.39, 0.29) is 17.9 Å². The average molecular weight is 399 g/mol. The highest BCUT2D eigenvalue weighted by Gasteiger charge is 2.49. The molecule has 1 aromatic rings. The number of carboxylic acids is 1. The number of nitrogens with zero attached hydrogens (tertiary/aromatic N) is 2. The van der Waals surface area contributed by atoms with Gasteiger partial charge < -0.3 is 10.4 Å². The minimum atomic E-state index is -4.78. The van der Waals surface area contributed by atoms with Gasteiger partial charge in [0.15, 0.2) is 0 Å². The first-order valence-electron chi connectivity index (χ1n) is 8.89. The van der Waals surface area contributed by atoms with E-state index in [0.717, 1.165) is 0 Å². The smallest absolute Gasteiger partial charge is 0.409 e. The summed E-state index contributed by atoms with van der Waals surface area (Å²) in [5, 5.41) is 11.5. The van der Waals surface area contributed by atoms with Crippen molar-refractivity contribution in [1.29, 1.82) is 0 Å². The summed E-state index contributed by atoms with van der Waals surface area (Å²) in [6.45, 7) is 0.347. The lowest BCUT2D eigenvalue weighted by molar-refractivity contribution is -0.158. The van der Waals surface area contributed by atoms with E-state index in [1.54, 1.807) is 11.0 Å².